The molecule has 0 unspecified atom stereocenters. The summed E-state index contributed by atoms with van der Waals surface area (Å²) in [5.41, 5.74) is 1.53. The Hall–Kier alpha value is -1.83. The highest BCUT2D eigenvalue weighted by Gasteiger charge is 2.04. The van der Waals surface area contributed by atoms with Gasteiger partial charge in [0.25, 0.3) is 0 Å². The van der Waals surface area contributed by atoms with E-state index in [9.17, 15) is 4.79 Å². The van der Waals surface area contributed by atoms with Crippen LogP contribution in [-0.2, 0) is 11.2 Å². The van der Waals surface area contributed by atoms with Gasteiger partial charge in [-0.25, -0.2) is 4.79 Å². The molecular formula is C13H14O2. The average Bonchev–Trinajstić information content (AvgIpc) is 2.21. The smallest absolute Gasteiger partial charge is 0.338 e. The topological polar surface area (TPSA) is 26.3 Å². The Morgan fingerprint density at radius 3 is 2.47 bits per heavy atom. The molecule has 0 spiro atoms. The first-order chi connectivity index (χ1) is 7.13. The van der Waals surface area contributed by atoms with Crippen LogP contribution < -0.4 is 4.74 Å². The number of carbonyl (C=O) groups excluding carboxylic acids is 1. The second kappa shape index (κ2) is 5.15. The summed E-state index contributed by atoms with van der Waals surface area (Å²) in [6.45, 7) is 8.78. The monoisotopic (exact) mass is 202 g/mol. The predicted octanol–water partition coefficient (Wildman–Crippen LogP) is 2.90. The van der Waals surface area contributed by atoms with Crippen molar-refractivity contribution in [3.8, 4) is 5.75 Å². The summed E-state index contributed by atoms with van der Waals surface area (Å²) in [6.07, 6.45) is 2.64. The van der Waals surface area contributed by atoms with Crippen molar-refractivity contribution in [2.75, 3.05) is 0 Å². The molecule has 0 aliphatic rings. The summed E-state index contributed by atoms with van der Waals surface area (Å²) in [4.78, 5) is 11.2. The van der Waals surface area contributed by atoms with Crippen molar-refractivity contribution in [2.24, 2.45) is 0 Å². The van der Waals surface area contributed by atoms with Gasteiger partial charge in [-0.1, -0.05) is 24.8 Å². The molecule has 0 aliphatic heterocycles. The van der Waals surface area contributed by atoms with Gasteiger partial charge in [0.05, 0.1) is 0 Å². The molecule has 0 atom stereocenters. The summed E-state index contributed by atoms with van der Waals surface area (Å²) >= 11 is 0. The number of benzene rings is 1. The van der Waals surface area contributed by atoms with Crippen LogP contribution in [0.5, 0.6) is 5.75 Å². The van der Waals surface area contributed by atoms with Gasteiger partial charge in [0.1, 0.15) is 5.75 Å². The van der Waals surface area contributed by atoms with Crippen LogP contribution in [0, 0.1) is 0 Å². The van der Waals surface area contributed by atoms with Crippen LogP contribution in [0.4, 0.5) is 0 Å². The Bertz CT molecular complexity index is 374. The van der Waals surface area contributed by atoms with E-state index in [0.717, 1.165) is 12.0 Å². The first-order valence-corrected chi connectivity index (χ1v) is 4.71. The lowest BCUT2D eigenvalue weighted by Gasteiger charge is -2.04. The number of carbonyl (C=O) groups is 1. The fourth-order valence-corrected chi connectivity index (χ4v) is 1.05. The molecule has 0 amide bonds. The van der Waals surface area contributed by atoms with Gasteiger partial charge in [0.15, 0.2) is 0 Å². The van der Waals surface area contributed by atoms with Crippen LogP contribution in [0.3, 0.4) is 0 Å². The first-order valence-electron chi connectivity index (χ1n) is 4.71. The van der Waals surface area contributed by atoms with Gasteiger partial charge in [-0.2, -0.15) is 0 Å². The quantitative estimate of drug-likeness (QED) is 0.325. The maximum atomic E-state index is 11.2. The fraction of sp³-hybridized carbons (Fsp3) is 0.154. The van der Waals surface area contributed by atoms with Crippen LogP contribution in [-0.4, -0.2) is 5.97 Å². The zero-order chi connectivity index (χ0) is 11.3. The summed E-state index contributed by atoms with van der Waals surface area (Å²) in [5, 5.41) is 0. The van der Waals surface area contributed by atoms with E-state index in [1.54, 1.807) is 19.1 Å². The number of ether oxygens (including phenoxy) is 1. The lowest BCUT2D eigenvalue weighted by atomic mass is 10.1. The Morgan fingerprint density at radius 1 is 1.40 bits per heavy atom. The average molecular weight is 202 g/mol. The predicted molar refractivity (Wildman–Crippen MR) is 60.8 cm³/mol. The normalized spacial score (nSPS) is 9.40. The van der Waals surface area contributed by atoms with Crippen molar-refractivity contribution in [1.82, 2.24) is 0 Å². The van der Waals surface area contributed by atoms with Gasteiger partial charge in [-0.15, -0.1) is 6.58 Å². The zero-order valence-electron chi connectivity index (χ0n) is 8.82. The van der Waals surface area contributed by atoms with Crippen LogP contribution in [0.15, 0.2) is 49.1 Å². The van der Waals surface area contributed by atoms with Crippen LogP contribution in [0.1, 0.15) is 12.5 Å². The lowest BCUT2D eigenvalue weighted by Crippen LogP contribution is -2.07. The molecule has 1 rings (SSSR count). The molecule has 15 heavy (non-hydrogen) atoms. The molecule has 0 radical (unpaired) electrons. The number of esters is 1. The van der Waals surface area contributed by atoms with Crippen molar-refractivity contribution < 1.29 is 9.53 Å². The van der Waals surface area contributed by atoms with E-state index < -0.39 is 5.97 Å². The number of allylic oxidation sites excluding steroid dienone is 1. The van der Waals surface area contributed by atoms with E-state index in [-0.39, 0.29) is 0 Å². The molecule has 0 aliphatic carbocycles. The first kappa shape index (κ1) is 11.2. The summed E-state index contributed by atoms with van der Waals surface area (Å²) < 4.78 is 5.04. The number of hydrogen-bond donors (Lipinski definition) is 0. The van der Waals surface area contributed by atoms with Crippen LogP contribution >= 0.6 is 0 Å². The van der Waals surface area contributed by atoms with Crippen molar-refractivity contribution >= 4 is 5.97 Å². The molecule has 0 heterocycles. The molecule has 0 N–H and O–H groups in total. The van der Waals surface area contributed by atoms with E-state index >= 15 is 0 Å². The summed E-state index contributed by atoms with van der Waals surface area (Å²) in [7, 11) is 0. The Labute approximate surface area is 89.9 Å². The van der Waals surface area contributed by atoms with Gasteiger partial charge < -0.3 is 4.74 Å². The van der Waals surface area contributed by atoms with Crippen molar-refractivity contribution in [3.63, 3.8) is 0 Å². The largest absolute Gasteiger partial charge is 0.423 e. The molecule has 0 aromatic heterocycles. The maximum absolute atomic E-state index is 11.2. The minimum atomic E-state index is -0.397. The lowest BCUT2D eigenvalue weighted by molar-refractivity contribution is -0.130. The molecule has 0 saturated carbocycles. The molecule has 0 fully saturated rings. The third kappa shape index (κ3) is 3.43. The van der Waals surface area contributed by atoms with Gasteiger partial charge in [0.2, 0.25) is 0 Å². The molecule has 0 bridgehead atoms. The van der Waals surface area contributed by atoms with Gasteiger partial charge >= 0.3 is 5.97 Å². The standard InChI is InChI=1S/C13H14O2/c1-4-5-11-6-8-12(9-7-11)15-13(14)10(2)3/h4,6-9H,1-2,5H2,3H3. The van der Waals surface area contributed by atoms with Crippen LogP contribution in [0.2, 0.25) is 0 Å². The van der Waals surface area contributed by atoms with Gasteiger partial charge in [-0.3, -0.25) is 0 Å². The highest BCUT2D eigenvalue weighted by molar-refractivity contribution is 5.88. The molecule has 0 saturated heterocycles. The summed E-state index contributed by atoms with van der Waals surface area (Å²) in [6, 6.07) is 7.34. The number of hydrogen-bond acceptors (Lipinski definition) is 2. The molecular weight excluding hydrogens is 188 g/mol. The van der Waals surface area contributed by atoms with E-state index in [1.807, 2.05) is 18.2 Å². The fourth-order valence-electron chi connectivity index (χ4n) is 1.05. The SMILES string of the molecule is C=CCc1ccc(OC(=O)C(=C)C)cc1. The van der Waals surface area contributed by atoms with Gasteiger partial charge in [0, 0.05) is 5.57 Å². The Balaban J connectivity index is 2.68. The second-order valence-corrected chi connectivity index (χ2v) is 3.31. The highest BCUT2D eigenvalue weighted by Crippen LogP contribution is 2.13. The molecule has 1 aromatic rings. The van der Waals surface area contributed by atoms with E-state index in [2.05, 4.69) is 13.2 Å². The van der Waals surface area contributed by atoms with Gasteiger partial charge in [-0.05, 0) is 31.0 Å². The van der Waals surface area contributed by atoms with Crippen LogP contribution in [0.25, 0.3) is 0 Å². The van der Waals surface area contributed by atoms with Crippen molar-refractivity contribution in [2.45, 2.75) is 13.3 Å². The molecule has 2 heteroatoms. The highest BCUT2D eigenvalue weighted by atomic mass is 16.5. The van der Waals surface area contributed by atoms with E-state index in [4.69, 9.17) is 4.74 Å². The molecule has 78 valence electrons. The summed E-state index contributed by atoms with van der Waals surface area (Å²) in [5.74, 6) is 0.141. The van der Waals surface area contributed by atoms with E-state index in [1.165, 1.54) is 0 Å². The minimum Gasteiger partial charge on any atom is -0.423 e. The van der Waals surface area contributed by atoms with Crippen molar-refractivity contribution in [1.29, 1.82) is 0 Å². The molecule has 2 nitrogen and oxygen atoms in total. The molecule has 1 aromatic carbocycles. The second-order valence-electron chi connectivity index (χ2n) is 3.31. The minimum absolute atomic E-state index is 0.394. The maximum Gasteiger partial charge on any atom is 0.338 e. The van der Waals surface area contributed by atoms with E-state index in [0.29, 0.717) is 11.3 Å². The Kier molecular flexibility index (Phi) is 3.86. The Morgan fingerprint density at radius 2 is 2.00 bits per heavy atom. The third-order valence-electron chi connectivity index (χ3n) is 1.86. The zero-order valence-corrected chi connectivity index (χ0v) is 8.82. The third-order valence-corrected chi connectivity index (χ3v) is 1.86. The van der Waals surface area contributed by atoms with Crippen molar-refractivity contribution in [3.05, 3.63) is 54.6 Å². The number of rotatable bonds is 4.